The highest BCUT2D eigenvalue weighted by atomic mass is 14.0. The summed E-state index contributed by atoms with van der Waals surface area (Å²) in [6.45, 7) is 15.4. The monoisotopic (exact) mass is 252 g/mol. The summed E-state index contributed by atoms with van der Waals surface area (Å²) in [5.41, 5.74) is 2.17. The third kappa shape index (κ3) is 7.77. The Balaban J connectivity index is 5.07. The van der Waals surface area contributed by atoms with Crippen molar-refractivity contribution in [3.63, 3.8) is 0 Å². The second kappa shape index (κ2) is 11.0. The van der Waals surface area contributed by atoms with Crippen LogP contribution in [0.1, 0.15) is 13.8 Å². The van der Waals surface area contributed by atoms with Crippen LogP contribution in [0, 0.1) is 5.92 Å². The lowest BCUT2D eigenvalue weighted by Gasteiger charge is -2.02. The Bertz CT molecular complexity index is 427. The highest BCUT2D eigenvalue weighted by molar-refractivity contribution is 5.36. The topological polar surface area (TPSA) is 0 Å². The Morgan fingerprint density at radius 3 is 2.05 bits per heavy atom. The second-order valence-corrected chi connectivity index (χ2v) is 3.94. The SMILES string of the molecule is C=CC(C=C)=CC(C=C)C=CC(C=CC)=CC=CC. The summed E-state index contributed by atoms with van der Waals surface area (Å²) in [5, 5.41) is 0. The van der Waals surface area contributed by atoms with Gasteiger partial charge in [-0.05, 0) is 25.0 Å². The molecule has 0 heteroatoms. The maximum absolute atomic E-state index is 3.85. The molecule has 0 N–H and O–H groups in total. The molecule has 0 radical (unpaired) electrons. The van der Waals surface area contributed by atoms with Crippen LogP contribution in [0.25, 0.3) is 0 Å². The first-order valence-electron chi connectivity index (χ1n) is 6.44. The third-order valence-electron chi connectivity index (χ3n) is 2.48. The van der Waals surface area contributed by atoms with E-state index in [-0.39, 0.29) is 5.92 Å². The smallest absolute Gasteiger partial charge is 0.0137 e. The molecule has 0 fully saturated rings. The summed E-state index contributed by atoms with van der Waals surface area (Å²) >= 11 is 0. The first kappa shape index (κ1) is 16.9. The summed E-state index contributed by atoms with van der Waals surface area (Å²) in [6.07, 6.45) is 22.0. The van der Waals surface area contributed by atoms with Crippen molar-refractivity contribution in [2.24, 2.45) is 5.92 Å². The lowest BCUT2D eigenvalue weighted by Crippen LogP contribution is -1.87. The van der Waals surface area contributed by atoms with Crippen LogP contribution in [-0.4, -0.2) is 0 Å². The van der Waals surface area contributed by atoms with Crippen LogP contribution in [0.3, 0.4) is 0 Å². The third-order valence-corrected chi connectivity index (χ3v) is 2.48. The highest BCUT2D eigenvalue weighted by Crippen LogP contribution is 2.11. The molecule has 0 saturated heterocycles. The highest BCUT2D eigenvalue weighted by Gasteiger charge is 1.95. The van der Waals surface area contributed by atoms with Gasteiger partial charge in [0.2, 0.25) is 0 Å². The van der Waals surface area contributed by atoms with Gasteiger partial charge in [-0.2, -0.15) is 0 Å². The van der Waals surface area contributed by atoms with E-state index in [4.69, 9.17) is 0 Å². The minimum Gasteiger partial charge on any atom is -0.102 e. The van der Waals surface area contributed by atoms with Crippen LogP contribution in [0.5, 0.6) is 0 Å². The second-order valence-electron chi connectivity index (χ2n) is 3.94. The molecular weight excluding hydrogens is 228 g/mol. The maximum atomic E-state index is 3.85. The molecule has 0 aromatic carbocycles. The van der Waals surface area contributed by atoms with Gasteiger partial charge in [0.25, 0.3) is 0 Å². The number of allylic oxidation sites excluding steroid dienone is 13. The summed E-state index contributed by atoms with van der Waals surface area (Å²) < 4.78 is 0. The Labute approximate surface area is 118 Å². The molecular formula is C19H24. The van der Waals surface area contributed by atoms with E-state index in [0.717, 1.165) is 11.1 Å². The standard InChI is InChI=1S/C19H24/c1-6-11-13-19(12-7-2)15-14-18(10-5)16-17(8-3)9-4/h6-16,18H,3-5H2,1-2H3. The van der Waals surface area contributed by atoms with E-state index in [1.54, 1.807) is 12.2 Å². The van der Waals surface area contributed by atoms with Gasteiger partial charge >= 0.3 is 0 Å². The van der Waals surface area contributed by atoms with Crippen molar-refractivity contribution < 1.29 is 0 Å². The van der Waals surface area contributed by atoms with E-state index < -0.39 is 0 Å². The molecule has 1 atom stereocenters. The minimum atomic E-state index is 0.172. The first-order chi connectivity index (χ1) is 9.21. The fourth-order valence-corrected chi connectivity index (χ4v) is 1.43. The van der Waals surface area contributed by atoms with Gasteiger partial charge in [-0.25, -0.2) is 0 Å². The van der Waals surface area contributed by atoms with Gasteiger partial charge in [-0.3, -0.25) is 0 Å². The Hall–Kier alpha value is -2.08. The van der Waals surface area contributed by atoms with E-state index in [0.29, 0.717) is 0 Å². The number of rotatable bonds is 8. The van der Waals surface area contributed by atoms with Gasteiger partial charge in [0.1, 0.15) is 0 Å². The van der Waals surface area contributed by atoms with E-state index in [9.17, 15) is 0 Å². The number of hydrogen-bond acceptors (Lipinski definition) is 0. The van der Waals surface area contributed by atoms with Crippen molar-refractivity contribution in [3.8, 4) is 0 Å². The molecule has 0 aliphatic carbocycles. The molecule has 0 aromatic heterocycles. The first-order valence-corrected chi connectivity index (χ1v) is 6.44. The van der Waals surface area contributed by atoms with E-state index >= 15 is 0 Å². The van der Waals surface area contributed by atoms with Crippen LogP contribution in [0.4, 0.5) is 0 Å². The van der Waals surface area contributed by atoms with E-state index in [2.05, 4.69) is 50.1 Å². The molecule has 0 saturated carbocycles. The molecule has 0 nitrogen and oxygen atoms in total. The van der Waals surface area contributed by atoms with Crippen LogP contribution >= 0.6 is 0 Å². The van der Waals surface area contributed by atoms with Crippen molar-refractivity contribution in [1.29, 1.82) is 0 Å². The average Bonchev–Trinajstić information content (AvgIpc) is 2.44. The largest absolute Gasteiger partial charge is 0.102 e. The predicted octanol–water partition coefficient (Wildman–Crippen LogP) is 5.72. The maximum Gasteiger partial charge on any atom is 0.0137 e. The molecule has 0 aliphatic rings. The zero-order chi connectivity index (χ0) is 14.5. The fraction of sp³-hybridized carbons (Fsp3) is 0.158. The van der Waals surface area contributed by atoms with Crippen molar-refractivity contribution in [2.75, 3.05) is 0 Å². The number of hydrogen-bond donors (Lipinski definition) is 0. The molecule has 19 heavy (non-hydrogen) atoms. The van der Waals surface area contributed by atoms with Crippen molar-refractivity contribution in [3.05, 3.63) is 97.7 Å². The lowest BCUT2D eigenvalue weighted by atomic mass is 10.0. The van der Waals surface area contributed by atoms with Gasteiger partial charge in [0.05, 0.1) is 0 Å². The van der Waals surface area contributed by atoms with Crippen LogP contribution < -0.4 is 0 Å². The van der Waals surface area contributed by atoms with Gasteiger partial charge in [-0.15, -0.1) is 6.58 Å². The van der Waals surface area contributed by atoms with Gasteiger partial charge in [0.15, 0.2) is 0 Å². The normalized spacial score (nSPS) is 13.9. The molecule has 0 amide bonds. The molecule has 0 rings (SSSR count). The molecule has 0 heterocycles. The zero-order valence-corrected chi connectivity index (χ0v) is 12.0. The Kier molecular flexibility index (Phi) is 9.83. The van der Waals surface area contributed by atoms with Crippen molar-refractivity contribution in [1.82, 2.24) is 0 Å². The van der Waals surface area contributed by atoms with Gasteiger partial charge in [-0.1, -0.05) is 80.0 Å². The molecule has 0 bridgehead atoms. The molecule has 0 aromatic rings. The van der Waals surface area contributed by atoms with Crippen molar-refractivity contribution in [2.45, 2.75) is 13.8 Å². The lowest BCUT2D eigenvalue weighted by molar-refractivity contribution is 1.06. The minimum absolute atomic E-state index is 0.172. The molecule has 0 aliphatic heterocycles. The van der Waals surface area contributed by atoms with Crippen LogP contribution in [-0.2, 0) is 0 Å². The Morgan fingerprint density at radius 1 is 0.895 bits per heavy atom. The predicted molar refractivity (Wildman–Crippen MR) is 89.0 cm³/mol. The average molecular weight is 252 g/mol. The molecule has 0 spiro atoms. The Morgan fingerprint density at radius 2 is 1.58 bits per heavy atom. The zero-order valence-electron chi connectivity index (χ0n) is 12.0. The van der Waals surface area contributed by atoms with Crippen LogP contribution in [0.15, 0.2) is 97.7 Å². The summed E-state index contributed by atoms with van der Waals surface area (Å²) in [4.78, 5) is 0. The van der Waals surface area contributed by atoms with E-state index in [1.807, 2.05) is 38.2 Å². The van der Waals surface area contributed by atoms with Gasteiger partial charge in [0, 0.05) is 5.92 Å². The van der Waals surface area contributed by atoms with E-state index in [1.165, 1.54) is 0 Å². The summed E-state index contributed by atoms with van der Waals surface area (Å²) in [6, 6.07) is 0. The van der Waals surface area contributed by atoms with Crippen molar-refractivity contribution >= 4 is 0 Å². The molecule has 1 unspecified atom stereocenters. The quantitative estimate of drug-likeness (QED) is 0.383. The van der Waals surface area contributed by atoms with Crippen LogP contribution in [0.2, 0.25) is 0 Å². The molecule has 100 valence electrons. The fourth-order valence-electron chi connectivity index (χ4n) is 1.43. The summed E-state index contributed by atoms with van der Waals surface area (Å²) in [7, 11) is 0. The summed E-state index contributed by atoms with van der Waals surface area (Å²) in [5.74, 6) is 0.172. The van der Waals surface area contributed by atoms with Gasteiger partial charge < -0.3 is 0 Å².